The first-order valence-electron chi connectivity index (χ1n) is 9.14. The predicted octanol–water partition coefficient (Wildman–Crippen LogP) is 3.96. The Morgan fingerprint density at radius 2 is 1.75 bits per heavy atom. The first-order valence-corrected chi connectivity index (χ1v) is 10.6. The standard InChI is InChI=1S/C20H20FN3O3S/c1-14-10-12-24(13-11-14)28(25,26)18-5-3-2-4-17(18)20-22-19(23-27-20)15-6-8-16(21)9-7-15/h2-9,14H,10-13H2,1H3. The van der Waals surface area contributed by atoms with Gasteiger partial charge in [-0.3, -0.25) is 0 Å². The molecule has 146 valence electrons. The Morgan fingerprint density at radius 3 is 2.46 bits per heavy atom. The molecule has 4 rings (SSSR count). The van der Waals surface area contributed by atoms with E-state index >= 15 is 0 Å². The Kier molecular flexibility index (Phi) is 4.99. The number of sulfonamides is 1. The Bertz CT molecular complexity index is 1070. The SMILES string of the molecule is CC1CCN(S(=O)(=O)c2ccccc2-c2nc(-c3ccc(F)cc3)no2)CC1. The van der Waals surface area contributed by atoms with Crippen molar-refractivity contribution in [1.29, 1.82) is 0 Å². The number of halogens is 1. The molecule has 0 spiro atoms. The minimum Gasteiger partial charge on any atom is -0.334 e. The molecule has 0 bridgehead atoms. The molecular weight excluding hydrogens is 381 g/mol. The lowest BCUT2D eigenvalue weighted by Crippen LogP contribution is -2.38. The van der Waals surface area contributed by atoms with E-state index in [1.54, 1.807) is 36.4 Å². The predicted molar refractivity (Wildman–Crippen MR) is 102 cm³/mol. The van der Waals surface area contributed by atoms with Gasteiger partial charge in [0.2, 0.25) is 15.8 Å². The summed E-state index contributed by atoms with van der Waals surface area (Å²) >= 11 is 0. The van der Waals surface area contributed by atoms with Crippen LogP contribution in [0, 0.1) is 11.7 Å². The number of nitrogens with zero attached hydrogens (tertiary/aromatic N) is 3. The van der Waals surface area contributed by atoms with Gasteiger partial charge in [-0.25, -0.2) is 12.8 Å². The zero-order valence-electron chi connectivity index (χ0n) is 15.4. The van der Waals surface area contributed by atoms with Crippen LogP contribution in [0.4, 0.5) is 4.39 Å². The summed E-state index contributed by atoms with van der Waals surface area (Å²) in [5, 5.41) is 3.92. The molecular formula is C20H20FN3O3S. The molecule has 0 saturated carbocycles. The summed E-state index contributed by atoms with van der Waals surface area (Å²) in [6.07, 6.45) is 1.69. The normalized spacial score (nSPS) is 16.4. The van der Waals surface area contributed by atoms with Crippen LogP contribution in [-0.4, -0.2) is 36.0 Å². The molecule has 0 radical (unpaired) electrons. The van der Waals surface area contributed by atoms with Crippen LogP contribution in [-0.2, 0) is 10.0 Å². The minimum atomic E-state index is -3.67. The molecule has 0 N–H and O–H groups in total. The average Bonchev–Trinajstić information content (AvgIpc) is 3.19. The van der Waals surface area contributed by atoms with E-state index in [4.69, 9.17) is 4.52 Å². The van der Waals surface area contributed by atoms with Gasteiger partial charge in [-0.1, -0.05) is 24.2 Å². The molecule has 1 aliphatic heterocycles. The number of rotatable bonds is 4. The van der Waals surface area contributed by atoms with Gasteiger partial charge in [0.1, 0.15) is 5.82 Å². The monoisotopic (exact) mass is 401 g/mol. The highest BCUT2D eigenvalue weighted by Gasteiger charge is 2.31. The maximum atomic E-state index is 13.2. The van der Waals surface area contributed by atoms with Crippen LogP contribution < -0.4 is 0 Å². The van der Waals surface area contributed by atoms with Crippen LogP contribution in [0.15, 0.2) is 57.9 Å². The molecule has 1 aromatic heterocycles. The number of hydrogen-bond acceptors (Lipinski definition) is 5. The van der Waals surface area contributed by atoms with E-state index in [9.17, 15) is 12.8 Å². The second-order valence-corrected chi connectivity index (χ2v) is 8.92. The third-order valence-electron chi connectivity index (χ3n) is 5.01. The van der Waals surface area contributed by atoms with Crippen LogP contribution in [0.3, 0.4) is 0 Å². The Balaban J connectivity index is 1.70. The summed E-state index contributed by atoms with van der Waals surface area (Å²) in [5.41, 5.74) is 0.948. The highest BCUT2D eigenvalue weighted by Crippen LogP contribution is 2.31. The summed E-state index contributed by atoms with van der Waals surface area (Å²) < 4.78 is 46.4. The molecule has 1 fully saturated rings. The topological polar surface area (TPSA) is 76.3 Å². The smallest absolute Gasteiger partial charge is 0.259 e. The number of hydrogen-bond donors (Lipinski definition) is 0. The van der Waals surface area contributed by atoms with Crippen molar-refractivity contribution in [3.63, 3.8) is 0 Å². The molecule has 1 aliphatic rings. The van der Waals surface area contributed by atoms with Crippen molar-refractivity contribution in [3.05, 3.63) is 54.3 Å². The maximum Gasteiger partial charge on any atom is 0.259 e. The average molecular weight is 401 g/mol. The van der Waals surface area contributed by atoms with E-state index in [0.717, 1.165) is 12.8 Å². The molecule has 1 saturated heterocycles. The fourth-order valence-electron chi connectivity index (χ4n) is 3.28. The van der Waals surface area contributed by atoms with Gasteiger partial charge in [0.25, 0.3) is 5.89 Å². The number of benzene rings is 2. The van der Waals surface area contributed by atoms with Crippen LogP contribution in [0.25, 0.3) is 22.8 Å². The molecule has 0 atom stereocenters. The van der Waals surface area contributed by atoms with Gasteiger partial charge in [-0.05, 0) is 55.2 Å². The molecule has 3 aromatic rings. The van der Waals surface area contributed by atoms with Crippen molar-refractivity contribution in [2.75, 3.05) is 13.1 Å². The highest BCUT2D eigenvalue weighted by molar-refractivity contribution is 7.89. The van der Waals surface area contributed by atoms with Crippen molar-refractivity contribution in [2.24, 2.45) is 5.92 Å². The number of aromatic nitrogens is 2. The number of piperidine rings is 1. The van der Waals surface area contributed by atoms with E-state index < -0.39 is 10.0 Å². The first-order chi connectivity index (χ1) is 13.4. The fraction of sp³-hybridized carbons (Fsp3) is 0.300. The van der Waals surface area contributed by atoms with Crippen LogP contribution in [0.1, 0.15) is 19.8 Å². The van der Waals surface area contributed by atoms with E-state index in [-0.39, 0.29) is 22.4 Å². The lowest BCUT2D eigenvalue weighted by atomic mass is 10.0. The molecule has 8 heteroatoms. The summed E-state index contributed by atoms with van der Waals surface area (Å²) in [4.78, 5) is 4.48. The summed E-state index contributed by atoms with van der Waals surface area (Å²) in [7, 11) is -3.67. The molecule has 0 amide bonds. The molecule has 2 heterocycles. The van der Waals surface area contributed by atoms with Crippen molar-refractivity contribution in [1.82, 2.24) is 14.4 Å². The lowest BCUT2D eigenvalue weighted by molar-refractivity contribution is 0.288. The zero-order valence-corrected chi connectivity index (χ0v) is 16.2. The summed E-state index contributed by atoms with van der Waals surface area (Å²) in [6, 6.07) is 12.3. The maximum absolute atomic E-state index is 13.2. The van der Waals surface area contributed by atoms with Crippen LogP contribution >= 0.6 is 0 Å². The van der Waals surface area contributed by atoms with Crippen molar-refractivity contribution in [2.45, 2.75) is 24.7 Å². The fourth-order valence-corrected chi connectivity index (χ4v) is 4.94. The van der Waals surface area contributed by atoms with Crippen molar-refractivity contribution >= 4 is 10.0 Å². The van der Waals surface area contributed by atoms with E-state index in [1.807, 2.05) is 0 Å². The molecule has 2 aromatic carbocycles. The van der Waals surface area contributed by atoms with E-state index in [0.29, 0.717) is 30.1 Å². The zero-order chi connectivity index (χ0) is 19.7. The van der Waals surface area contributed by atoms with Crippen molar-refractivity contribution < 1.29 is 17.3 Å². The molecule has 0 unspecified atom stereocenters. The third-order valence-corrected chi connectivity index (χ3v) is 6.96. The van der Waals surface area contributed by atoms with Crippen molar-refractivity contribution in [3.8, 4) is 22.8 Å². The van der Waals surface area contributed by atoms with E-state index in [1.165, 1.54) is 16.4 Å². The molecule has 28 heavy (non-hydrogen) atoms. The summed E-state index contributed by atoms with van der Waals surface area (Å²) in [6.45, 7) is 3.14. The minimum absolute atomic E-state index is 0.115. The van der Waals surface area contributed by atoms with Gasteiger partial charge >= 0.3 is 0 Å². The summed E-state index contributed by atoms with van der Waals surface area (Å²) in [5.74, 6) is 0.550. The largest absolute Gasteiger partial charge is 0.334 e. The van der Waals surface area contributed by atoms with Gasteiger partial charge in [0, 0.05) is 18.7 Å². The second-order valence-electron chi connectivity index (χ2n) is 7.01. The van der Waals surface area contributed by atoms with Crippen LogP contribution in [0.5, 0.6) is 0 Å². The molecule has 0 aliphatic carbocycles. The van der Waals surface area contributed by atoms with Crippen LogP contribution in [0.2, 0.25) is 0 Å². The molecule has 6 nitrogen and oxygen atoms in total. The van der Waals surface area contributed by atoms with Gasteiger partial charge in [-0.2, -0.15) is 9.29 Å². The van der Waals surface area contributed by atoms with Gasteiger partial charge in [-0.15, -0.1) is 0 Å². The van der Waals surface area contributed by atoms with Gasteiger partial charge in [0.15, 0.2) is 0 Å². The van der Waals surface area contributed by atoms with E-state index in [2.05, 4.69) is 17.1 Å². The second kappa shape index (κ2) is 7.44. The Labute approximate surface area is 163 Å². The lowest BCUT2D eigenvalue weighted by Gasteiger charge is -2.29. The first kappa shape index (κ1) is 18.8. The third kappa shape index (κ3) is 3.57. The Hall–Kier alpha value is -2.58. The van der Waals surface area contributed by atoms with Gasteiger partial charge in [0.05, 0.1) is 10.5 Å². The van der Waals surface area contributed by atoms with Gasteiger partial charge < -0.3 is 4.52 Å². The Morgan fingerprint density at radius 1 is 1.07 bits per heavy atom. The quantitative estimate of drug-likeness (QED) is 0.661. The highest BCUT2D eigenvalue weighted by atomic mass is 32.2.